The number of hydrogen-bond acceptors (Lipinski definition) is 4. The molecule has 0 aromatic carbocycles. The molecule has 2 aliphatic heterocycles. The third-order valence-corrected chi connectivity index (χ3v) is 5.44. The van der Waals surface area contributed by atoms with E-state index in [0.29, 0.717) is 6.04 Å². The Kier molecular flexibility index (Phi) is 4.11. The summed E-state index contributed by atoms with van der Waals surface area (Å²) < 4.78 is 2.06. The Bertz CT molecular complexity index is 792. The number of likely N-dealkylation sites (tertiary alicyclic amines) is 1. The molecular formula is C18H26N6O. The molecule has 2 saturated heterocycles. The lowest BCUT2D eigenvalue weighted by Gasteiger charge is -2.36. The summed E-state index contributed by atoms with van der Waals surface area (Å²) in [5.74, 6) is 0.785. The van der Waals surface area contributed by atoms with Crippen molar-refractivity contribution in [2.45, 2.75) is 39.3 Å². The number of urea groups is 1. The van der Waals surface area contributed by atoms with Crippen molar-refractivity contribution < 1.29 is 4.79 Å². The van der Waals surface area contributed by atoms with Gasteiger partial charge >= 0.3 is 6.03 Å². The van der Waals surface area contributed by atoms with Crippen LogP contribution >= 0.6 is 0 Å². The lowest BCUT2D eigenvalue weighted by molar-refractivity contribution is 0.127. The van der Waals surface area contributed by atoms with Crippen molar-refractivity contribution in [2.24, 2.45) is 0 Å². The van der Waals surface area contributed by atoms with Crippen LogP contribution in [0.4, 0.5) is 4.79 Å². The van der Waals surface area contributed by atoms with Gasteiger partial charge in [0.1, 0.15) is 0 Å². The quantitative estimate of drug-likeness (QED) is 0.852. The number of carbonyl (C=O) groups is 1. The number of fused-ring (bicyclic) bond motifs is 1. The highest BCUT2D eigenvalue weighted by Gasteiger charge is 2.33. The molecule has 2 amide bonds. The Morgan fingerprint density at radius 1 is 1.12 bits per heavy atom. The van der Waals surface area contributed by atoms with Gasteiger partial charge in [-0.15, -0.1) is 0 Å². The Morgan fingerprint density at radius 2 is 1.88 bits per heavy atom. The first kappa shape index (κ1) is 16.3. The normalized spacial score (nSPS) is 20.2. The second-order valence-corrected chi connectivity index (χ2v) is 7.35. The topological polar surface area (TPSA) is 57.0 Å². The lowest BCUT2D eigenvalue weighted by atomic mass is 10.0. The highest BCUT2D eigenvalue weighted by atomic mass is 16.2. The predicted molar refractivity (Wildman–Crippen MR) is 95.5 cm³/mol. The van der Waals surface area contributed by atoms with Crippen LogP contribution < -0.4 is 0 Å². The molecule has 0 saturated carbocycles. The van der Waals surface area contributed by atoms with Crippen molar-refractivity contribution in [1.82, 2.24) is 29.1 Å². The van der Waals surface area contributed by atoms with Gasteiger partial charge in [-0.2, -0.15) is 0 Å². The zero-order valence-corrected chi connectivity index (χ0v) is 15.3. The van der Waals surface area contributed by atoms with E-state index < -0.39 is 0 Å². The van der Waals surface area contributed by atoms with Gasteiger partial charge in [-0.3, -0.25) is 9.30 Å². The second-order valence-electron chi connectivity index (χ2n) is 7.35. The van der Waals surface area contributed by atoms with E-state index in [0.717, 1.165) is 68.4 Å². The van der Waals surface area contributed by atoms with Gasteiger partial charge in [0.25, 0.3) is 0 Å². The molecule has 0 unspecified atom stereocenters. The summed E-state index contributed by atoms with van der Waals surface area (Å²) in [6.45, 7) is 8.69. The molecule has 0 aliphatic carbocycles. The van der Waals surface area contributed by atoms with Crippen LogP contribution in [0, 0.1) is 13.8 Å². The van der Waals surface area contributed by atoms with Gasteiger partial charge in [-0.1, -0.05) is 0 Å². The Morgan fingerprint density at radius 3 is 2.56 bits per heavy atom. The van der Waals surface area contributed by atoms with Gasteiger partial charge < -0.3 is 9.80 Å². The second kappa shape index (κ2) is 6.29. The van der Waals surface area contributed by atoms with Crippen LogP contribution in [0.3, 0.4) is 0 Å². The molecule has 0 N–H and O–H groups in total. The standard InChI is InChI=1S/C18H26N6O/c1-13-10-14(2)24-12-15(20-17(24)19-13)11-22-6-4-16(5-7-22)23-9-8-21(3)18(23)25/h10,12,16H,4-9,11H2,1-3H3. The summed E-state index contributed by atoms with van der Waals surface area (Å²) in [5.41, 5.74) is 3.23. The van der Waals surface area contributed by atoms with Crippen LogP contribution in [-0.2, 0) is 6.54 Å². The molecule has 0 radical (unpaired) electrons. The molecule has 7 heteroatoms. The number of imidazole rings is 1. The Balaban J connectivity index is 1.39. The third kappa shape index (κ3) is 3.08. The minimum Gasteiger partial charge on any atom is -0.326 e. The average molecular weight is 342 g/mol. The minimum absolute atomic E-state index is 0.190. The Hall–Kier alpha value is -2.15. The molecule has 2 aliphatic rings. The first-order valence-corrected chi connectivity index (χ1v) is 9.07. The number of nitrogens with zero attached hydrogens (tertiary/aromatic N) is 6. The summed E-state index contributed by atoms with van der Waals surface area (Å²) in [5, 5.41) is 0. The zero-order chi connectivity index (χ0) is 17.6. The van der Waals surface area contributed by atoms with Gasteiger partial charge in [0.15, 0.2) is 0 Å². The third-order valence-electron chi connectivity index (χ3n) is 5.44. The molecule has 25 heavy (non-hydrogen) atoms. The van der Waals surface area contributed by atoms with E-state index >= 15 is 0 Å². The first-order chi connectivity index (χ1) is 12.0. The number of piperidine rings is 1. The van der Waals surface area contributed by atoms with Gasteiger partial charge in [0.05, 0.1) is 5.69 Å². The fourth-order valence-electron chi connectivity index (χ4n) is 4.02. The fraction of sp³-hybridized carbons (Fsp3) is 0.611. The van der Waals surface area contributed by atoms with Crippen molar-refractivity contribution in [3.8, 4) is 0 Å². The summed E-state index contributed by atoms with van der Waals surface area (Å²) >= 11 is 0. The minimum atomic E-state index is 0.190. The van der Waals surface area contributed by atoms with E-state index in [1.54, 1.807) is 0 Å². The summed E-state index contributed by atoms with van der Waals surface area (Å²) in [6, 6.07) is 2.66. The van der Waals surface area contributed by atoms with E-state index in [9.17, 15) is 4.79 Å². The summed E-state index contributed by atoms with van der Waals surface area (Å²) in [6.07, 6.45) is 4.19. The number of carbonyl (C=O) groups excluding carboxylic acids is 1. The fourth-order valence-corrected chi connectivity index (χ4v) is 4.02. The molecule has 7 nitrogen and oxygen atoms in total. The molecule has 0 atom stereocenters. The molecule has 134 valence electrons. The largest absolute Gasteiger partial charge is 0.326 e. The highest BCUT2D eigenvalue weighted by Crippen LogP contribution is 2.22. The first-order valence-electron chi connectivity index (χ1n) is 9.07. The van der Waals surface area contributed by atoms with E-state index in [2.05, 4.69) is 43.4 Å². The van der Waals surface area contributed by atoms with Crippen molar-refractivity contribution in [3.05, 3.63) is 29.3 Å². The lowest BCUT2D eigenvalue weighted by Crippen LogP contribution is -2.46. The molecule has 4 heterocycles. The molecule has 2 fully saturated rings. The molecule has 2 aromatic rings. The van der Waals surface area contributed by atoms with E-state index in [4.69, 9.17) is 0 Å². The van der Waals surface area contributed by atoms with Crippen molar-refractivity contribution in [3.63, 3.8) is 0 Å². The van der Waals surface area contributed by atoms with Crippen LogP contribution in [0.2, 0.25) is 0 Å². The summed E-state index contributed by atoms with van der Waals surface area (Å²) in [4.78, 5) is 27.7. The van der Waals surface area contributed by atoms with Crippen molar-refractivity contribution in [1.29, 1.82) is 0 Å². The number of aryl methyl sites for hydroxylation is 2. The van der Waals surface area contributed by atoms with Crippen molar-refractivity contribution in [2.75, 3.05) is 33.2 Å². The maximum Gasteiger partial charge on any atom is 0.320 e. The smallest absolute Gasteiger partial charge is 0.320 e. The number of hydrogen-bond donors (Lipinski definition) is 0. The van der Waals surface area contributed by atoms with Gasteiger partial charge in [0.2, 0.25) is 5.78 Å². The molecular weight excluding hydrogens is 316 g/mol. The Labute approximate surface area is 148 Å². The maximum absolute atomic E-state index is 12.2. The van der Waals surface area contributed by atoms with Crippen LogP contribution in [0.5, 0.6) is 0 Å². The van der Waals surface area contributed by atoms with Crippen LogP contribution in [0.1, 0.15) is 29.9 Å². The highest BCUT2D eigenvalue weighted by molar-refractivity contribution is 5.76. The number of amides is 2. The van der Waals surface area contributed by atoms with E-state index in [1.165, 1.54) is 0 Å². The number of aromatic nitrogens is 3. The van der Waals surface area contributed by atoms with Crippen LogP contribution in [0.25, 0.3) is 5.78 Å². The van der Waals surface area contributed by atoms with Crippen LogP contribution in [-0.4, -0.2) is 74.4 Å². The monoisotopic (exact) mass is 342 g/mol. The van der Waals surface area contributed by atoms with Gasteiger partial charge in [-0.25, -0.2) is 14.8 Å². The van der Waals surface area contributed by atoms with Gasteiger partial charge in [0, 0.05) is 63.4 Å². The predicted octanol–water partition coefficient (Wildman–Crippen LogP) is 1.68. The number of likely N-dealkylation sites (N-methyl/N-ethyl adjacent to an activating group) is 1. The van der Waals surface area contributed by atoms with E-state index in [-0.39, 0.29) is 6.03 Å². The molecule has 4 rings (SSSR count). The summed E-state index contributed by atoms with van der Waals surface area (Å²) in [7, 11) is 1.89. The molecule has 0 bridgehead atoms. The molecule has 0 spiro atoms. The SMILES string of the molecule is Cc1cc(C)n2cc(CN3CCC(N4CCN(C)C4=O)CC3)nc2n1. The average Bonchev–Trinajstić information content (AvgIpc) is 3.12. The zero-order valence-electron chi connectivity index (χ0n) is 15.3. The van der Waals surface area contributed by atoms with Gasteiger partial charge in [-0.05, 0) is 32.8 Å². The van der Waals surface area contributed by atoms with E-state index in [1.807, 2.05) is 18.9 Å². The van der Waals surface area contributed by atoms with Crippen LogP contribution in [0.15, 0.2) is 12.3 Å². The number of rotatable bonds is 3. The van der Waals surface area contributed by atoms with Crippen molar-refractivity contribution >= 4 is 11.8 Å². The molecule has 2 aromatic heterocycles. The maximum atomic E-state index is 12.2.